The van der Waals surface area contributed by atoms with Crippen molar-refractivity contribution in [3.63, 3.8) is 0 Å². The van der Waals surface area contributed by atoms with E-state index in [1.807, 2.05) is 0 Å². The molecule has 2 radical (unpaired) electrons. The molecule has 0 N–H and O–H groups in total. The summed E-state index contributed by atoms with van der Waals surface area (Å²) in [5.41, 5.74) is 0. The van der Waals surface area contributed by atoms with Gasteiger partial charge >= 0.3 is 0 Å². The van der Waals surface area contributed by atoms with Gasteiger partial charge in [0.1, 0.15) is 0 Å². The third-order valence-electron chi connectivity index (χ3n) is 1.56. The van der Waals surface area contributed by atoms with Crippen LogP contribution >= 0.6 is 0 Å². The molecule has 1 rings (SSSR count). The first-order chi connectivity index (χ1) is 3.93. The lowest BCUT2D eigenvalue weighted by Crippen LogP contribution is -2.25. The number of nitrogens with zero attached hydrogens (tertiary/aromatic N) is 1. The van der Waals surface area contributed by atoms with Crippen LogP contribution in [0.3, 0.4) is 0 Å². The summed E-state index contributed by atoms with van der Waals surface area (Å²) in [5, 5.41) is 0. The van der Waals surface area contributed by atoms with Crippen LogP contribution in [-0.4, -0.2) is 18.0 Å². The van der Waals surface area contributed by atoms with Crippen molar-refractivity contribution in [1.29, 1.82) is 0 Å². The number of hydrogen-bond acceptors (Lipinski definition) is 1. The lowest BCUT2D eigenvalue weighted by Gasteiger charge is -2.23. The molecule has 1 nitrogen and oxygen atoms in total. The highest BCUT2D eigenvalue weighted by Gasteiger charge is 2.06. The second-order valence-corrected chi connectivity index (χ2v) is 2.12. The molecule has 0 saturated carbocycles. The maximum Gasteiger partial charge on any atom is 0.0254 e. The van der Waals surface area contributed by atoms with Crippen LogP contribution in [0.4, 0.5) is 0 Å². The van der Waals surface area contributed by atoms with Gasteiger partial charge in [-0.05, 0) is 32.4 Å². The van der Waals surface area contributed by atoms with Crippen molar-refractivity contribution in [2.45, 2.75) is 19.8 Å². The number of piperidine rings is 1. The first-order valence-electron chi connectivity index (χ1n) is 3.32. The van der Waals surface area contributed by atoms with E-state index in [9.17, 15) is 0 Å². The van der Waals surface area contributed by atoms with Gasteiger partial charge in [0.2, 0.25) is 0 Å². The summed E-state index contributed by atoms with van der Waals surface area (Å²) in [7, 11) is 0. The second kappa shape index (κ2) is 3.08. The number of likely N-dealkylation sites (tertiary alicyclic amines) is 1. The van der Waals surface area contributed by atoms with E-state index in [1.165, 1.54) is 25.9 Å². The van der Waals surface area contributed by atoms with Crippen LogP contribution in [0.2, 0.25) is 0 Å². The summed E-state index contributed by atoms with van der Waals surface area (Å²) < 4.78 is 0. The summed E-state index contributed by atoms with van der Waals surface area (Å²) >= 11 is 0. The van der Waals surface area contributed by atoms with Crippen LogP contribution in [0.15, 0.2) is 0 Å². The van der Waals surface area contributed by atoms with E-state index in [0.29, 0.717) is 0 Å². The molecule has 0 aromatic heterocycles. The Morgan fingerprint density at radius 1 is 1.62 bits per heavy atom. The fourth-order valence-electron chi connectivity index (χ4n) is 0.977. The summed E-state index contributed by atoms with van der Waals surface area (Å²) in [4.78, 5) is 2.36. The van der Waals surface area contributed by atoms with Gasteiger partial charge < -0.3 is 0 Å². The van der Waals surface area contributed by atoms with Crippen LogP contribution in [0.1, 0.15) is 19.8 Å². The van der Waals surface area contributed by atoms with Gasteiger partial charge in [-0.2, -0.15) is 0 Å². The zero-order valence-corrected chi connectivity index (χ0v) is 5.43. The molecule has 0 unspecified atom stereocenters. The molecule has 1 fully saturated rings. The quantitative estimate of drug-likeness (QED) is 0.495. The topological polar surface area (TPSA) is 3.24 Å². The third-order valence-corrected chi connectivity index (χ3v) is 1.56. The zero-order chi connectivity index (χ0) is 5.82. The summed E-state index contributed by atoms with van der Waals surface area (Å²) in [6.45, 7) is 6.87. The molecular formula is C7H13N. The number of hydrogen-bond donors (Lipinski definition) is 0. The molecular weight excluding hydrogens is 98.1 g/mol. The first-order valence-corrected chi connectivity index (χ1v) is 3.32. The Kier molecular flexibility index (Phi) is 2.34. The maximum absolute atomic E-state index is 2.36. The molecule has 0 atom stereocenters. The highest BCUT2D eigenvalue weighted by molar-refractivity contribution is 4.83. The van der Waals surface area contributed by atoms with E-state index in [4.69, 9.17) is 0 Å². The van der Waals surface area contributed by atoms with Crippen molar-refractivity contribution in [2.75, 3.05) is 13.1 Å². The first kappa shape index (κ1) is 6.09. The van der Waals surface area contributed by atoms with E-state index >= 15 is 0 Å². The van der Waals surface area contributed by atoms with E-state index in [1.54, 1.807) is 0 Å². The molecule has 0 aromatic carbocycles. The van der Waals surface area contributed by atoms with Crippen molar-refractivity contribution < 1.29 is 0 Å². The predicted octanol–water partition coefficient (Wildman–Crippen LogP) is 1.47. The van der Waals surface area contributed by atoms with Crippen molar-refractivity contribution in [2.24, 2.45) is 0 Å². The Labute approximate surface area is 51.7 Å². The van der Waals surface area contributed by atoms with Gasteiger partial charge in [-0.25, -0.2) is 0 Å². The maximum atomic E-state index is 2.36. The molecule has 1 saturated heterocycles. The van der Waals surface area contributed by atoms with Gasteiger partial charge in [0.15, 0.2) is 0 Å². The van der Waals surface area contributed by atoms with Crippen LogP contribution in [0.5, 0.6) is 0 Å². The van der Waals surface area contributed by atoms with Crippen molar-refractivity contribution >= 4 is 0 Å². The molecule has 1 heteroatoms. The van der Waals surface area contributed by atoms with Gasteiger partial charge in [-0.1, -0.05) is 6.92 Å². The Morgan fingerprint density at radius 2 is 2.50 bits per heavy atom. The van der Waals surface area contributed by atoms with Crippen LogP contribution < -0.4 is 0 Å². The molecule has 1 heterocycles. The van der Waals surface area contributed by atoms with Gasteiger partial charge in [-0.3, -0.25) is 4.90 Å². The fourth-order valence-corrected chi connectivity index (χ4v) is 0.977. The highest BCUT2D eigenvalue weighted by Crippen LogP contribution is 2.09. The van der Waals surface area contributed by atoms with Gasteiger partial charge in [-0.15, -0.1) is 0 Å². The average Bonchev–Trinajstić information content (AvgIpc) is 1.90. The number of rotatable bonds is 1. The van der Waals surface area contributed by atoms with Crippen LogP contribution in [0.25, 0.3) is 0 Å². The summed E-state index contributed by atoms with van der Waals surface area (Å²) in [6, 6.07) is 0. The molecule has 1 aliphatic heterocycles. The molecule has 1 aliphatic rings. The lowest BCUT2D eigenvalue weighted by molar-refractivity contribution is 0.323. The van der Waals surface area contributed by atoms with Crippen LogP contribution in [-0.2, 0) is 0 Å². The Balaban J connectivity index is 2.13. The van der Waals surface area contributed by atoms with E-state index in [0.717, 1.165) is 0 Å². The Hall–Kier alpha value is -0.0400. The van der Waals surface area contributed by atoms with Gasteiger partial charge in [0.25, 0.3) is 0 Å². The molecule has 0 aliphatic carbocycles. The van der Waals surface area contributed by atoms with Crippen molar-refractivity contribution in [3.8, 4) is 0 Å². The Bertz CT molecular complexity index is 55.4. The monoisotopic (exact) mass is 111 g/mol. The molecule has 0 amide bonds. The molecule has 0 spiro atoms. The summed E-state index contributed by atoms with van der Waals surface area (Å²) in [5.74, 6) is 0. The van der Waals surface area contributed by atoms with E-state index in [2.05, 4.69) is 24.8 Å². The minimum Gasteiger partial charge on any atom is -0.299 e. The van der Waals surface area contributed by atoms with Crippen molar-refractivity contribution in [3.05, 3.63) is 13.0 Å². The smallest absolute Gasteiger partial charge is 0.0254 e. The fraction of sp³-hybridized carbons (Fsp3) is 0.714. The van der Waals surface area contributed by atoms with Crippen LogP contribution in [0, 0.1) is 13.0 Å². The van der Waals surface area contributed by atoms with E-state index < -0.39 is 0 Å². The zero-order valence-electron chi connectivity index (χ0n) is 5.43. The second-order valence-electron chi connectivity index (χ2n) is 2.12. The Morgan fingerprint density at radius 3 is 2.88 bits per heavy atom. The molecule has 0 bridgehead atoms. The highest BCUT2D eigenvalue weighted by atomic mass is 15.1. The van der Waals surface area contributed by atoms with Crippen molar-refractivity contribution in [1.82, 2.24) is 4.90 Å². The minimum atomic E-state index is 1.17. The standard InChI is InChI=1S/C7H13N/c1-2-8-6-4-3-5-7-8/h3,6H,2,4-5,7H2,1H3. The average molecular weight is 111 g/mol. The minimum absolute atomic E-state index is 1.17. The summed E-state index contributed by atoms with van der Waals surface area (Å²) in [6.07, 6.45) is 4.77. The molecule has 46 valence electrons. The van der Waals surface area contributed by atoms with Gasteiger partial charge in [0.05, 0.1) is 0 Å². The van der Waals surface area contributed by atoms with Gasteiger partial charge in [0, 0.05) is 6.54 Å². The molecule has 8 heavy (non-hydrogen) atoms. The normalized spacial score (nSPS) is 23.6. The predicted molar refractivity (Wildman–Crippen MR) is 35.1 cm³/mol. The lowest BCUT2D eigenvalue weighted by atomic mass is 10.1. The largest absolute Gasteiger partial charge is 0.299 e. The SMILES string of the molecule is CCN1[CH]C[CH]CC1. The molecule has 0 aromatic rings. The third kappa shape index (κ3) is 1.48. The van der Waals surface area contributed by atoms with E-state index in [-0.39, 0.29) is 0 Å².